The third-order valence-corrected chi connectivity index (χ3v) is 5.29. The lowest BCUT2D eigenvalue weighted by Crippen LogP contribution is -2.51. The Kier molecular flexibility index (Phi) is 6.04. The molecule has 1 amide bonds. The van der Waals surface area contributed by atoms with Crippen molar-refractivity contribution in [3.8, 4) is 0 Å². The van der Waals surface area contributed by atoms with Crippen LogP contribution < -0.4 is 0 Å². The minimum Gasteiger partial charge on any atom is -0.379 e. The molecule has 5 nitrogen and oxygen atoms in total. The predicted octanol–water partition coefficient (Wildman–Crippen LogP) is 1.75. The molecule has 25 heavy (non-hydrogen) atoms. The number of benzene rings is 1. The zero-order valence-electron chi connectivity index (χ0n) is 15.2. The van der Waals surface area contributed by atoms with Crippen LogP contribution in [0.3, 0.4) is 0 Å². The molecule has 1 atom stereocenters. The van der Waals surface area contributed by atoms with Gasteiger partial charge in [-0.25, -0.2) is 4.39 Å². The highest BCUT2D eigenvalue weighted by Gasteiger charge is 2.33. The maximum Gasteiger partial charge on any atom is 0.244 e. The van der Waals surface area contributed by atoms with E-state index in [4.69, 9.17) is 4.74 Å². The first-order valence-corrected chi connectivity index (χ1v) is 9.09. The van der Waals surface area contributed by atoms with Gasteiger partial charge in [0.25, 0.3) is 0 Å². The van der Waals surface area contributed by atoms with Crippen molar-refractivity contribution in [3.63, 3.8) is 0 Å². The first-order chi connectivity index (χ1) is 12.1. The van der Waals surface area contributed by atoms with Gasteiger partial charge >= 0.3 is 0 Å². The molecule has 0 unspecified atom stereocenters. The zero-order chi connectivity index (χ0) is 17.8. The Hall–Kier alpha value is -1.50. The highest BCUT2D eigenvalue weighted by Crippen LogP contribution is 2.26. The quantitative estimate of drug-likeness (QED) is 0.830. The molecular formula is C19H28FN3O2. The average Bonchev–Trinajstić information content (AvgIpc) is 2.64. The molecule has 6 heteroatoms. The van der Waals surface area contributed by atoms with E-state index in [-0.39, 0.29) is 11.7 Å². The van der Waals surface area contributed by atoms with Crippen LogP contribution in [0.4, 0.5) is 4.39 Å². The van der Waals surface area contributed by atoms with E-state index in [9.17, 15) is 9.18 Å². The first-order valence-electron chi connectivity index (χ1n) is 9.09. The number of piperidine rings is 1. The van der Waals surface area contributed by atoms with Crippen molar-refractivity contribution >= 4 is 5.91 Å². The van der Waals surface area contributed by atoms with Gasteiger partial charge in [-0.2, -0.15) is 0 Å². The van der Waals surface area contributed by atoms with E-state index in [1.54, 1.807) is 23.1 Å². The van der Waals surface area contributed by atoms with E-state index in [0.717, 1.165) is 52.2 Å². The molecule has 3 rings (SSSR count). The Labute approximate surface area is 149 Å². The van der Waals surface area contributed by atoms with E-state index in [1.807, 2.05) is 19.0 Å². The molecule has 0 N–H and O–H groups in total. The van der Waals surface area contributed by atoms with Gasteiger partial charge < -0.3 is 9.64 Å². The van der Waals surface area contributed by atoms with Gasteiger partial charge in [-0.3, -0.25) is 14.6 Å². The molecule has 138 valence electrons. The summed E-state index contributed by atoms with van der Waals surface area (Å²) in [7, 11) is 3.66. The highest BCUT2D eigenvalue weighted by atomic mass is 19.1. The summed E-state index contributed by atoms with van der Waals surface area (Å²) in [5, 5.41) is 0. The van der Waals surface area contributed by atoms with Crippen LogP contribution in [0.5, 0.6) is 0 Å². The minimum atomic E-state index is -0.568. The molecule has 0 bridgehead atoms. The second-order valence-corrected chi connectivity index (χ2v) is 7.09. The van der Waals surface area contributed by atoms with E-state index < -0.39 is 6.04 Å². The Bertz CT molecular complexity index is 582. The number of amides is 1. The summed E-state index contributed by atoms with van der Waals surface area (Å²) < 4.78 is 19.6. The maximum absolute atomic E-state index is 14.2. The summed E-state index contributed by atoms with van der Waals surface area (Å²) >= 11 is 0. The highest BCUT2D eigenvalue weighted by molar-refractivity contribution is 5.83. The van der Waals surface area contributed by atoms with E-state index >= 15 is 0 Å². The van der Waals surface area contributed by atoms with Crippen LogP contribution in [0.1, 0.15) is 24.4 Å². The molecule has 0 aromatic heterocycles. The van der Waals surface area contributed by atoms with Crippen molar-refractivity contribution in [1.82, 2.24) is 14.7 Å². The first kappa shape index (κ1) is 18.3. The monoisotopic (exact) mass is 349 g/mol. The smallest absolute Gasteiger partial charge is 0.244 e. The molecule has 2 saturated heterocycles. The number of likely N-dealkylation sites (N-methyl/N-ethyl adjacent to an activating group) is 1. The summed E-state index contributed by atoms with van der Waals surface area (Å²) in [5.74, 6) is -0.326. The van der Waals surface area contributed by atoms with E-state index in [0.29, 0.717) is 11.6 Å². The summed E-state index contributed by atoms with van der Waals surface area (Å²) in [6, 6.07) is 6.53. The van der Waals surface area contributed by atoms with Gasteiger partial charge in [-0.1, -0.05) is 18.2 Å². The normalized spacial score (nSPS) is 21.5. The van der Waals surface area contributed by atoms with Crippen molar-refractivity contribution in [3.05, 3.63) is 35.6 Å². The number of rotatable bonds is 4. The van der Waals surface area contributed by atoms with Gasteiger partial charge in [0.2, 0.25) is 5.91 Å². The predicted molar refractivity (Wildman–Crippen MR) is 94.8 cm³/mol. The Balaban J connectivity index is 1.65. The summed E-state index contributed by atoms with van der Waals surface area (Å²) in [5.41, 5.74) is 0.452. The fourth-order valence-electron chi connectivity index (χ4n) is 3.90. The van der Waals surface area contributed by atoms with Gasteiger partial charge in [-0.15, -0.1) is 0 Å². The van der Waals surface area contributed by atoms with E-state index in [2.05, 4.69) is 4.90 Å². The van der Waals surface area contributed by atoms with Crippen LogP contribution in [-0.2, 0) is 9.53 Å². The van der Waals surface area contributed by atoms with Crippen LogP contribution in [0.15, 0.2) is 24.3 Å². The average molecular weight is 349 g/mol. The Morgan fingerprint density at radius 1 is 1.16 bits per heavy atom. The molecule has 2 aliphatic rings. The standard InChI is InChI=1S/C19H28FN3O2/c1-21(2)18(16-5-3-4-6-17(16)20)19(24)23-9-7-15(8-10-23)22-11-13-25-14-12-22/h3-6,15,18H,7-14H2,1-2H3/t18-/m1/s1. The van der Waals surface area contributed by atoms with Crippen LogP contribution in [0, 0.1) is 5.82 Å². The maximum atomic E-state index is 14.2. The fraction of sp³-hybridized carbons (Fsp3) is 0.632. The van der Waals surface area contributed by atoms with Crippen molar-refractivity contribution in [2.45, 2.75) is 24.9 Å². The number of carbonyl (C=O) groups is 1. The fourth-order valence-corrected chi connectivity index (χ4v) is 3.90. The van der Waals surface area contributed by atoms with Crippen molar-refractivity contribution in [1.29, 1.82) is 0 Å². The van der Waals surface area contributed by atoms with Gasteiger partial charge in [-0.05, 0) is 33.0 Å². The number of halogens is 1. The Morgan fingerprint density at radius 2 is 1.80 bits per heavy atom. The zero-order valence-corrected chi connectivity index (χ0v) is 15.2. The number of ether oxygens (including phenoxy) is 1. The molecule has 1 aromatic rings. The molecule has 2 aliphatic heterocycles. The molecule has 0 aliphatic carbocycles. The summed E-state index contributed by atoms with van der Waals surface area (Å²) in [6.45, 7) is 5.03. The molecule has 1 aromatic carbocycles. The molecule has 0 saturated carbocycles. The number of hydrogen-bond donors (Lipinski definition) is 0. The minimum absolute atomic E-state index is 0.00414. The van der Waals surface area contributed by atoms with Crippen LogP contribution in [0.25, 0.3) is 0 Å². The van der Waals surface area contributed by atoms with E-state index in [1.165, 1.54) is 6.07 Å². The van der Waals surface area contributed by atoms with Crippen molar-refractivity contribution < 1.29 is 13.9 Å². The topological polar surface area (TPSA) is 36.0 Å². The second kappa shape index (κ2) is 8.25. The number of morpholine rings is 1. The SMILES string of the molecule is CN(C)[C@@H](C(=O)N1CCC(N2CCOCC2)CC1)c1ccccc1F. The molecule has 2 fully saturated rings. The van der Waals surface area contributed by atoms with Gasteiger partial charge in [0, 0.05) is 37.8 Å². The lowest BCUT2D eigenvalue weighted by molar-refractivity contribution is -0.138. The third-order valence-electron chi connectivity index (χ3n) is 5.29. The summed E-state index contributed by atoms with van der Waals surface area (Å²) in [6.07, 6.45) is 1.95. The number of hydrogen-bond acceptors (Lipinski definition) is 4. The number of likely N-dealkylation sites (tertiary alicyclic amines) is 1. The molecule has 0 radical (unpaired) electrons. The Morgan fingerprint density at radius 3 is 2.40 bits per heavy atom. The van der Waals surface area contributed by atoms with Crippen molar-refractivity contribution in [2.24, 2.45) is 0 Å². The molecule has 0 spiro atoms. The van der Waals surface area contributed by atoms with Gasteiger partial charge in [0.1, 0.15) is 11.9 Å². The molecular weight excluding hydrogens is 321 g/mol. The summed E-state index contributed by atoms with van der Waals surface area (Å²) in [4.78, 5) is 19.2. The molecule has 2 heterocycles. The number of carbonyl (C=O) groups excluding carboxylic acids is 1. The lowest BCUT2D eigenvalue weighted by Gasteiger charge is -2.41. The van der Waals surface area contributed by atoms with Crippen LogP contribution in [0.2, 0.25) is 0 Å². The third kappa shape index (κ3) is 4.19. The van der Waals surface area contributed by atoms with Crippen LogP contribution >= 0.6 is 0 Å². The van der Waals surface area contributed by atoms with Gasteiger partial charge in [0.05, 0.1) is 13.2 Å². The largest absolute Gasteiger partial charge is 0.379 e. The lowest BCUT2D eigenvalue weighted by atomic mass is 9.99. The van der Waals surface area contributed by atoms with Crippen LogP contribution in [-0.4, -0.2) is 80.1 Å². The van der Waals surface area contributed by atoms with Crippen molar-refractivity contribution in [2.75, 3.05) is 53.5 Å². The van der Waals surface area contributed by atoms with Gasteiger partial charge in [0.15, 0.2) is 0 Å². The number of nitrogens with zero attached hydrogens (tertiary/aromatic N) is 3. The second-order valence-electron chi connectivity index (χ2n) is 7.09.